The highest BCUT2D eigenvalue weighted by Crippen LogP contribution is 2.25. The molecule has 2 saturated heterocycles. The second kappa shape index (κ2) is 8.20. The molecule has 0 aromatic carbocycles. The lowest BCUT2D eigenvalue weighted by molar-refractivity contribution is -0.136. The summed E-state index contributed by atoms with van der Waals surface area (Å²) >= 11 is 0. The Balaban J connectivity index is 1.49. The van der Waals surface area contributed by atoms with Crippen molar-refractivity contribution < 1.29 is 29.0 Å². The van der Waals surface area contributed by atoms with E-state index in [-0.39, 0.29) is 24.6 Å². The van der Waals surface area contributed by atoms with Gasteiger partial charge in [-0.15, -0.1) is 0 Å². The van der Waals surface area contributed by atoms with Crippen LogP contribution in [0.25, 0.3) is 0 Å². The van der Waals surface area contributed by atoms with Crippen molar-refractivity contribution in [1.82, 2.24) is 10.2 Å². The highest BCUT2D eigenvalue weighted by molar-refractivity contribution is 5.91. The molecule has 0 bridgehead atoms. The third kappa shape index (κ3) is 4.25. The van der Waals surface area contributed by atoms with E-state index in [0.717, 1.165) is 12.8 Å². The van der Waals surface area contributed by atoms with Crippen molar-refractivity contribution in [2.75, 3.05) is 19.6 Å². The second-order valence-electron chi connectivity index (χ2n) is 7.15. The average molecular weight is 366 g/mol. The van der Waals surface area contributed by atoms with Gasteiger partial charge in [-0.05, 0) is 30.9 Å². The molecule has 26 heavy (non-hydrogen) atoms. The number of hydrogen-bond donors (Lipinski definition) is 3. The van der Waals surface area contributed by atoms with Crippen LogP contribution in [0.3, 0.4) is 0 Å². The van der Waals surface area contributed by atoms with Crippen molar-refractivity contribution in [3.63, 3.8) is 0 Å². The summed E-state index contributed by atoms with van der Waals surface area (Å²) in [7, 11) is 0. The van der Waals surface area contributed by atoms with Crippen molar-refractivity contribution >= 4 is 11.8 Å². The van der Waals surface area contributed by atoms with E-state index in [4.69, 9.17) is 9.15 Å². The molecule has 3 heterocycles. The molecule has 8 nitrogen and oxygen atoms in total. The van der Waals surface area contributed by atoms with Crippen LogP contribution < -0.4 is 5.32 Å². The van der Waals surface area contributed by atoms with Gasteiger partial charge >= 0.3 is 0 Å². The molecule has 3 N–H and O–H groups in total. The molecule has 8 heteroatoms. The molecule has 0 spiro atoms. The van der Waals surface area contributed by atoms with Gasteiger partial charge in [0.15, 0.2) is 5.76 Å². The van der Waals surface area contributed by atoms with Gasteiger partial charge in [-0.1, -0.05) is 6.92 Å². The Labute approximate surface area is 152 Å². The fourth-order valence-electron chi connectivity index (χ4n) is 3.41. The molecule has 1 aromatic heterocycles. The minimum Gasteiger partial charge on any atom is -0.459 e. The molecule has 2 aliphatic rings. The Bertz CT molecular complexity index is 611. The number of carbonyl (C=O) groups excluding carboxylic acids is 2. The molecule has 2 fully saturated rings. The monoisotopic (exact) mass is 366 g/mol. The summed E-state index contributed by atoms with van der Waals surface area (Å²) in [5, 5.41) is 22.9. The first kappa shape index (κ1) is 18.9. The normalized spacial score (nSPS) is 29.7. The fourth-order valence-corrected chi connectivity index (χ4v) is 3.41. The summed E-state index contributed by atoms with van der Waals surface area (Å²) in [5.74, 6) is 0.274. The number of carbonyl (C=O) groups is 2. The van der Waals surface area contributed by atoms with Gasteiger partial charge in [0.2, 0.25) is 5.91 Å². The lowest BCUT2D eigenvalue weighted by Crippen LogP contribution is -2.41. The summed E-state index contributed by atoms with van der Waals surface area (Å²) in [6.07, 6.45) is -0.504. The highest BCUT2D eigenvalue weighted by Gasteiger charge is 2.44. The van der Waals surface area contributed by atoms with E-state index < -0.39 is 30.3 Å². The van der Waals surface area contributed by atoms with Gasteiger partial charge in [0.25, 0.3) is 5.91 Å². The Kier molecular flexibility index (Phi) is 5.95. The molecule has 4 atom stereocenters. The Morgan fingerprint density at radius 2 is 1.92 bits per heavy atom. The smallest absolute Gasteiger partial charge is 0.287 e. The fraction of sp³-hybridized carbons (Fsp3) is 0.667. The molecule has 2 amide bonds. The molecule has 144 valence electrons. The van der Waals surface area contributed by atoms with E-state index in [0.29, 0.717) is 19.0 Å². The molecule has 0 aliphatic carbocycles. The summed E-state index contributed by atoms with van der Waals surface area (Å²) in [5.41, 5.74) is 0. The van der Waals surface area contributed by atoms with Crippen LogP contribution in [0.1, 0.15) is 36.7 Å². The van der Waals surface area contributed by atoms with Gasteiger partial charge in [0, 0.05) is 19.6 Å². The summed E-state index contributed by atoms with van der Waals surface area (Å²) in [4.78, 5) is 26.1. The van der Waals surface area contributed by atoms with E-state index in [1.807, 2.05) is 0 Å². The number of likely N-dealkylation sites (tertiary alicyclic amines) is 1. The first-order valence-corrected chi connectivity index (χ1v) is 9.06. The van der Waals surface area contributed by atoms with Gasteiger partial charge in [-0.25, -0.2) is 0 Å². The van der Waals surface area contributed by atoms with E-state index >= 15 is 0 Å². The maximum atomic E-state index is 12.4. The van der Waals surface area contributed by atoms with E-state index in [1.54, 1.807) is 11.0 Å². The zero-order chi connectivity index (χ0) is 18.7. The minimum absolute atomic E-state index is 0.0175. The van der Waals surface area contributed by atoms with Crippen molar-refractivity contribution in [2.45, 2.75) is 50.6 Å². The Hall–Kier alpha value is -1.90. The summed E-state index contributed by atoms with van der Waals surface area (Å²) in [6, 6.07) is 3.12. The number of furan rings is 1. The van der Waals surface area contributed by atoms with Gasteiger partial charge in [0.05, 0.1) is 18.8 Å². The molecule has 2 aliphatic heterocycles. The van der Waals surface area contributed by atoms with Crippen LogP contribution in [0.2, 0.25) is 0 Å². The second-order valence-corrected chi connectivity index (χ2v) is 7.15. The number of aliphatic hydroxyl groups excluding tert-OH is 2. The lowest BCUT2D eigenvalue weighted by atomic mass is 9.98. The van der Waals surface area contributed by atoms with Gasteiger partial charge in [0.1, 0.15) is 18.3 Å². The number of rotatable bonds is 5. The average Bonchev–Trinajstić information content (AvgIpc) is 3.25. The molecular formula is C18H26N2O6. The van der Waals surface area contributed by atoms with Crippen LogP contribution in [-0.4, -0.2) is 71.0 Å². The van der Waals surface area contributed by atoms with Crippen molar-refractivity contribution in [1.29, 1.82) is 0 Å². The van der Waals surface area contributed by atoms with Crippen LogP contribution in [0.15, 0.2) is 22.8 Å². The SMILES string of the molecule is CC1CCN(C(=O)C[C@H]2O[C@H](CNC(=O)c3ccco3)[C@@H](O)[C@H]2O)CC1. The summed E-state index contributed by atoms with van der Waals surface area (Å²) < 4.78 is 10.6. The first-order valence-electron chi connectivity index (χ1n) is 9.06. The predicted molar refractivity (Wildman–Crippen MR) is 91.3 cm³/mol. The predicted octanol–water partition coefficient (Wildman–Crippen LogP) is 0.147. The van der Waals surface area contributed by atoms with Crippen molar-refractivity contribution in [3.8, 4) is 0 Å². The van der Waals surface area contributed by atoms with Crippen LogP contribution in [0, 0.1) is 5.92 Å². The highest BCUT2D eigenvalue weighted by atomic mass is 16.5. The molecule has 3 rings (SSSR count). The van der Waals surface area contributed by atoms with Gasteiger partial charge < -0.3 is 29.6 Å². The number of hydrogen-bond acceptors (Lipinski definition) is 6. The lowest BCUT2D eigenvalue weighted by Gasteiger charge is -2.31. The maximum Gasteiger partial charge on any atom is 0.287 e. The summed E-state index contributed by atoms with van der Waals surface area (Å²) in [6.45, 7) is 3.62. The van der Waals surface area contributed by atoms with Gasteiger partial charge in [-0.2, -0.15) is 0 Å². The van der Waals surface area contributed by atoms with Crippen LogP contribution >= 0.6 is 0 Å². The molecule has 1 aromatic rings. The largest absolute Gasteiger partial charge is 0.459 e. The zero-order valence-corrected chi connectivity index (χ0v) is 14.8. The first-order chi connectivity index (χ1) is 12.5. The molecule has 0 unspecified atom stereocenters. The van der Waals surface area contributed by atoms with E-state index in [1.165, 1.54) is 12.3 Å². The van der Waals surface area contributed by atoms with Crippen molar-refractivity contribution in [2.24, 2.45) is 5.92 Å². The molecular weight excluding hydrogens is 340 g/mol. The van der Waals surface area contributed by atoms with Crippen LogP contribution in [-0.2, 0) is 9.53 Å². The maximum absolute atomic E-state index is 12.4. The number of amides is 2. The standard InChI is InChI=1S/C18H26N2O6/c1-11-4-6-20(7-5-11)15(21)9-13-16(22)17(23)14(26-13)10-19-18(24)12-3-2-8-25-12/h2-3,8,11,13-14,16-17,22-23H,4-7,9-10H2,1H3,(H,19,24)/t13-,14-,16+,17-/m1/s1. The third-order valence-corrected chi connectivity index (χ3v) is 5.18. The number of ether oxygens (including phenoxy) is 1. The van der Waals surface area contributed by atoms with E-state index in [9.17, 15) is 19.8 Å². The van der Waals surface area contributed by atoms with Crippen LogP contribution in [0.4, 0.5) is 0 Å². The topological polar surface area (TPSA) is 112 Å². The quantitative estimate of drug-likeness (QED) is 0.684. The Morgan fingerprint density at radius 3 is 2.58 bits per heavy atom. The number of nitrogens with one attached hydrogen (secondary N) is 1. The number of aliphatic hydroxyl groups is 2. The molecule has 0 radical (unpaired) electrons. The minimum atomic E-state index is -1.16. The number of nitrogens with zero attached hydrogens (tertiary/aromatic N) is 1. The molecule has 0 saturated carbocycles. The van der Waals surface area contributed by atoms with E-state index in [2.05, 4.69) is 12.2 Å². The van der Waals surface area contributed by atoms with Crippen molar-refractivity contribution in [3.05, 3.63) is 24.2 Å². The Morgan fingerprint density at radius 1 is 1.23 bits per heavy atom. The number of piperidine rings is 1. The third-order valence-electron chi connectivity index (χ3n) is 5.18. The van der Waals surface area contributed by atoms with Crippen LogP contribution in [0.5, 0.6) is 0 Å². The van der Waals surface area contributed by atoms with Gasteiger partial charge in [-0.3, -0.25) is 9.59 Å². The zero-order valence-electron chi connectivity index (χ0n) is 14.8.